The zero-order valence-electron chi connectivity index (χ0n) is 9.43. The molecule has 0 radical (unpaired) electrons. The highest BCUT2D eigenvalue weighted by atomic mass is 16.3. The van der Waals surface area contributed by atoms with Crippen LogP contribution in [0, 0.1) is 0 Å². The third-order valence-electron chi connectivity index (χ3n) is 2.75. The fourth-order valence-corrected chi connectivity index (χ4v) is 1.55. The summed E-state index contributed by atoms with van der Waals surface area (Å²) >= 11 is 0. The second-order valence-corrected chi connectivity index (χ2v) is 4.15. The molecule has 1 aliphatic heterocycles. The van der Waals surface area contributed by atoms with Gasteiger partial charge >= 0.3 is 11.8 Å². The lowest BCUT2D eigenvalue weighted by molar-refractivity contribution is -0.157. The maximum atomic E-state index is 11.5. The average molecular weight is 214 g/mol. The van der Waals surface area contributed by atoms with Crippen LogP contribution in [0.15, 0.2) is 0 Å². The van der Waals surface area contributed by atoms with Crippen LogP contribution in [0.3, 0.4) is 0 Å². The summed E-state index contributed by atoms with van der Waals surface area (Å²) in [5.41, 5.74) is 0. The first kappa shape index (κ1) is 12.0. The van der Waals surface area contributed by atoms with Gasteiger partial charge in [-0.05, 0) is 20.3 Å². The van der Waals surface area contributed by atoms with Crippen molar-refractivity contribution >= 4 is 11.8 Å². The van der Waals surface area contributed by atoms with Gasteiger partial charge in [-0.1, -0.05) is 0 Å². The van der Waals surface area contributed by atoms with Crippen LogP contribution in [-0.4, -0.2) is 59.0 Å². The number of carbonyl (C=O) groups is 2. The van der Waals surface area contributed by atoms with Crippen molar-refractivity contribution in [2.75, 3.05) is 20.1 Å². The summed E-state index contributed by atoms with van der Waals surface area (Å²) < 4.78 is 0. The number of rotatable bonds is 3. The predicted octanol–water partition coefficient (Wildman–Crippen LogP) is -0.554. The third-order valence-corrected chi connectivity index (χ3v) is 2.75. The second-order valence-electron chi connectivity index (χ2n) is 4.15. The van der Waals surface area contributed by atoms with E-state index in [0.717, 1.165) is 0 Å². The van der Waals surface area contributed by atoms with Crippen molar-refractivity contribution in [3.05, 3.63) is 0 Å². The Morgan fingerprint density at radius 3 is 2.60 bits per heavy atom. The van der Waals surface area contributed by atoms with Gasteiger partial charge in [-0.25, -0.2) is 0 Å². The first-order chi connectivity index (χ1) is 6.93. The van der Waals surface area contributed by atoms with Gasteiger partial charge in [0.15, 0.2) is 0 Å². The molecule has 1 fully saturated rings. The molecular formula is C10H18N2O3. The summed E-state index contributed by atoms with van der Waals surface area (Å²) in [5, 5.41) is 9.12. The number of likely N-dealkylation sites (N-methyl/N-ethyl adjacent to an activating group) is 1. The van der Waals surface area contributed by atoms with Crippen molar-refractivity contribution < 1.29 is 14.7 Å². The number of hydrogen-bond donors (Lipinski definition) is 1. The van der Waals surface area contributed by atoms with Gasteiger partial charge in [0, 0.05) is 26.2 Å². The standard InChI is InChI=1S/C10H18N2O3/c1-7-6-12(5-4-8(2)13)10(15)9(14)11(7)3/h7-8,13H,4-6H2,1-3H3. The Morgan fingerprint density at radius 2 is 2.07 bits per heavy atom. The molecule has 0 bridgehead atoms. The lowest BCUT2D eigenvalue weighted by atomic mass is 10.1. The number of aliphatic hydroxyl groups excluding tert-OH is 1. The van der Waals surface area contributed by atoms with E-state index in [4.69, 9.17) is 5.11 Å². The molecule has 1 saturated heterocycles. The molecule has 1 aliphatic rings. The molecule has 1 rings (SSSR count). The van der Waals surface area contributed by atoms with Crippen LogP contribution < -0.4 is 0 Å². The molecule has 15 heavy (non-hydrogen) atoms. The highest BCUT2D eigenvalue weighted by molar-refractivity contribution is 6.35. The van der Waals surface area contributed by atoms with Gasteiger partial charge in [-0.2, -0.15) is 0 Å². The number of carbonyl (C=O) groups excluding carboxylic acids is 2. The average Bonchev–Trinajstić information content (AvgIpc) is 2.18. The SMILES string of the molecule is CC(O)CCN1CC(C)N(C)C(=O)C1=O. The molecule has 0 aromatic rings. The van der Waals surface area contributed by atoms with Gasteiger partial charge in [0.05, 0.1) is 6.10 Å². The molecule has 1 N–H and O–H groups in total. The van der Waals surface area contributed by atoms with E-state index in [0.29, 0.717) is 19.5 Å². The molecule has 0 spiro atoms. The van der Waals surface area contributed by atoms with Crippen LogP contribution in [0.1, 0.15) is 20.3 Å². The van der Waals surface area contributed by atoms with Gasteiger partial charge in [-0.3, -0.25) is 9.59 Å². The van der Waals surface area contributed by atoms with Crippen LogP contribution in [-0.2, 0) is 9.59 Å². The smallest absolute Gasteiger partial charge is 0.312 e. The van der Waals surface area contributed by atoms with E-state index in [9.17, 15) is 9.59 Å². The van der Waals surface area contributed by atoms with Gasteiger partial charge in [0.2, 0.25) is 0 Å². The van der Waals surface area contributed by atoms with Crippen molar-refractivity contribution in [1.82, 2.24) is 9.80 Å². The van der Waals surface area contributed by atoms with E-state index in [2.05, 4.69) is 0 Å². The lowest BCUT2D eigenvalue weighted by Gasteiger charge is -2.36. The van der Waals surface area contributed by atoms with Gasteiger partial charge in [0.25, 0.3) is 0 Å². The molecule has 2 amide bonds. The summed E-state index contributed by atoms with van der Waals surface area (Å²) in [6.07, 6.45) is 0.0676. The topological polar surface area (TPSA) is 60.9 Å². The highest BCUT2D eigenvalue weighted by Crippen LogP contribution is 2.10. The normalized spacial score (nSPS) is 24.7. The third kappa shape index (κ3) is 2.68. The van der Waals surface area contributed by atoms with Crippen LogP contribution >= 0.6 is 0 Å². The summed E-state index contributed by atoms with van der Waals surface area (Å²) in [6, 6.07) is 0.0456. The number of piperazine rings is 1. The number of nitrogens with zero attached hydrogens (tertiary/aromatic N) is 2. The Morgan fingerprint density at radius 1 is 1.47 bits per heavy atom. The molecule has 2 unspecified atom stereocenters. The van der Waals surface area contributed by atoms with Crippen molar-refractivity contribution in [2.24, 2.45) is 0 Å². The zero-order chi connectivity index (χ0) is 11.6. The Kier molecular flexibility index (Phi) is 3.68. The Hall–Kier alpha value is -1.10. The Bertz CT molecular complexity index is 265. The molecule has 2 atom stereocenters. The molecule has 0 saturated carbocycles. The maximum Gasteiger partial charge on any atom is 0.312 e. The van der Waals surface area contributed by atoms with Crippen LogP contribution in [0.4, 0.5) is 0 Å². The molecule has 0 aliphatic carbocycles. The molecule has 5 heteroatoms. The van der Waals surface area contributed by atoms with Gasteiger partial charge in [0.1, 0.15) is 0 Å². The fraction of sp³-hybridized carbons (Fsp3) is 0.800. The second kappa shape index (κ2) is 4.61. The molecule has 0 aromatic carbocycles. The Labute approximate surface area is 89.7 Å². The van der Waals surface area contributed by atoms with Crippen molar-refractivity contribution in [1.29, 1.82) is 0 Å². The minimum atomic E-state index is -0.462. The molecule has 5 nitrogen and oxygen atoms in total. The number of hydrogen-bond acceptors (Lipinski definition) is 3. The van der Waals surface area contributed by atoms with Crippen molar-refractivity contribution in [2.45, 2.75) is 32.4 Å². The van der Waals surface area contributed by atoms with Crippen molar-refractivity contribution in [3.8, 4) is 0 Å². The minimum Gasteiger partial charge on any atom is -0.393 e. The molecular weight excluding hydrogens is 196 g/mol. The predicted molar refractivity (Wildman–Crippen MR) is 55.1 cm³/mol. The van der Waals surface area contributed by atoms with Crippen LogP contribution in [0.25, 0.3) is 0 Å². The van der Waals surface area contributed by atoms with Crippen LogP contribution in [0.2, 0.25) is 0 Å². The summed E-state index contributed by atoms with van der Waals surface area (Å²) in [7, 11) is 1.64. The van der Waals surface area contributed by atoms with E-state index >= 15 is 0 Å². The fourth-order valence-electron chi connectivity index (χ4n) is 1.55. The van der Waals surface area contributed by atoms with E-state index < -0.39 is 17.9 Å². The quantitative estimate of drug-likeness (QED) is 0.641. The van der Waals surface area contributed by atoms with E-state index in [1.165, 1.54) is 9.80 Å². The zero-order valence-corrected chi connectivity index (χ0v) is 9.43. The maximum absolute atomic E-state index is 11.5. The lowest BCUT2D eigenvalue weighted by Crippen LogP contribution is -2.57. The number of aliphatic hydroxyl groups is 1. The minimum absolute atomic E-state index is 0.0456. The van der Waals surface area contributed by atoms with E-state index in [-0.39, 0.29) is 6.04 Å². The van der Waals surface area contributed by atoms with Gasteiger partial charge in [-0.15, -0.1) is 0 Å². The molecule has 1 heterocycles. The summed E-state index contributed by atoms with van der Waals surface area (Å²) in [4.78, 5) is 26.0. The Balaban J connectivity index is 2.59. The van der Waals surface area contributed by atoms with Gasteiger partial charge < -0.3 is 14.9 Å². The van der Waals surface area contributed by atoms with Crippen LogP contribution in [0.5, 0.6) is 0 Å². The first-order valence-corrected chi connectivity index (χ1v) is 5.17. The number of amides is 2. The van der Waals surface area contributed by atoms with Crippen molar-refractivity contribution in [3.63, 3.8) is 0 Å². The summed E-state index contributed by atoms with van der Waals surface area (Å²) in [6.45, 7) is 4.57. The highest BCUT2D eigenvalue weighted by Gasteiger charge is 2.34. The molecule has 86 valence electrons. The van der Waals surface area contributed by atoms with E-state index in [1.54, 1.807) is 14.0 Å². The largest absolute Gasteiger partial charge is 0.393 e. The van der Waals surface area contributed by atoms with E-state index in [1.807, 2.05) is 6.92 Å². The molecule has 0 aromatic heterocycles. The first-order valence-electron chi connectivity index (χ1n) is 5.17. The summed E-state index contributed by atoms with van der Waals surface area (Å²) in [5.74, 6) is -0.921. The monoisotopic (exact) mass is 214 g/mol.